The van der Waals surface area contributed by atoms with Crippen LogP contribution in [0.1, 0.15) is 24.8 Å². The Kier molecular flexibility index (Phi) is 5.20. The Morgan fingerprint density at radius 2 is 2.05 bits per heavy atom. The number of methoxy groups -OCH3 is 1. The molecule has 21 heavy (non-hydrogen) atoms. The van der Waals surface area contributed by atoms with Crippen molar-refractivity contribution in [2.45, 2.75) is 25.7 Å². The highest BCUT2D eigenvalue weighted by molar-refractivity contribution is 5.79. The second-order valence-electron chi connectivity index (χ2n) is 5.45. The predicted molar refractivity (Wildman–Crippen MR) is 78.3 cm³/mol. The van der Waals surface area contributed by atoms with Gasteiger partial charge in [0.15, 0.2) is 0 Å². The van der Waals surface area contributed by atoms with Crippen molar-refractivity contribution in [2.75, 3.05) is 20.2 Å². The molecule has 0 spiro atoms. The molecule has 0 aromatic heterocycles. The van der Waals surface area contributed by atoms with E-state index in [1.165, 1.54) is 0 Å². The maximum absolute atomic E-state index is 12.3. The van der Waals surface area contributed by atoms with Gasteiger partial charge in [-0.15, -0.1) is 0 Å². The number of carboxylic acids is 1. The summed E-state index contributed by atoms with van der Waals surface area (Å²) in [6.07, 6.45) is 2.12. The number of piperidine rings is 1. The molecule has 1 aliphatic heterocycles. The van der Waals surface area contributed by atoms with Crippen LogP contribution in [0.3, 0.4) is 0 Å². The molecule has 5 nitrogen and oxygen atoms in total. The molecule has 1 aromatic rings. The van der Waals surface area contributed by atoms with Crippen molar-refractivity contribution in [2.24, 2.45) is 5.92 Å². The van der Waals surface area contributed by atoms with Gasteiger partial charge >= 0.3 is 5.97 Å². The van der Waals surface area contributed by atoms with Crippen molar-refractivity contribution in [3.05, 3.63) is 29.8 Å². The Morgan fingerprint density at radius 1 is 1.33 bits per heavy atom. The van der Waals surface area contributed by atoms with Crippen LogP contribution in [0.2, 0.25) is 0 Å². The van der Waals surface area contributed by atoms with E-state index in [0.29, 0.717) is 19.5 Å². The van der Waals surface area contributed by atoms with Crippen molar-refractivity contribution in [1.82, 2.24) is 4.90 Å². The van der Waals surface area contributed by atoms with E-state index in [1.807, 2.05) is 29.2 Å². The summed E-state index contributed by atoms with van der Waals surface area (Å²) >= 11 is 0. The minimum atomic E-state index is -0.754. The third-order valence-corrected chi connectivity index (χ3v) is 3.92. The highest BCUT2D eigenvalue weighted by Crippen LogP contribution is 2.21. The Balaban J connectivity index is 1.85. The molecular formula is C16H21NO4. The maximum atomic E-state index is 12.3. The van der Waals surface area contributed by atoms with Crippen LogP contribution in [0, 0.1) is 5.92 Å². The van der Waals surface area contributed by atoms with E-state index in [4.69, 9.17) is 9.84 Å². The van der Waals surface area contributed by atoms with E-state index in [2.05, 4.69) is 0 Å². The van der Waals surface area contributed by atoms with Gasteiger partial charge in [0.1, 0.15) is 5.75 Å². The van der Waals surface area contributed by atoms with Crippen molar-refractivity contribution in [1.29, 1.82) is 0 Å². The zero-order chi connectivity index (χ0) is 15.2. The topological polar surface area (TPSA) is 66.8 Å². The average Bonchev–Trinajstić information content (AvgIpc) is 2.47. The standard InChI is InChI=1S/C16H21NO4/c1-21-14-4-2-3-13(9-14)10-15(18)17-7-5-12(6-8-17)11-16(19)20/h2-4,9,12H,5-8,10-11H2,1H3,(H,19,20). The first kappa shape index (κ1) is 15.4. The molecule has 114 valence electrons. The van der Waals surface area contributed by atoms with E-state index < -0.39 is 5.97 Å². The zero-order valence-electron chi connectivity index (χ0n) is 12.2. The lowest BCUT2D eigenvalue weighted by atomic mass is 9.93. The van der Waals surface area contributed by atoms with Crippen LogP contribution in [0.5, 0.6) is 5.75 Å². The fourth-order valence-corrected chi connectivity index (χ4v) is 2.70. The summed E-state index contributed by atoms with van der Waals surface area (Å²) in [7, 11) is 1.61. The number of ether oxygens (including phenoxy) is 1. The molecule has 0 unspecified atom stereocenters. The van der Waals surface area contributed by atoms with Gasteiger partial charge in [0.25, 0.3) is 0 Å². The summed E-state index contributed by atoms with van der Waals surface area (Å²) in [5.74, 6) is 0.289. The molecule has 1 amide bonds. The molecule has 1 fully saturated rings. The highest BCUT2D eigenvalue weighted by Gasteiger charge is 2.24. The van der Waals surface area contributed by atoms with E-state index in [1.54, 1.807) is 7.11 Å². The Labute approximate surface area is 124 Å². The molecule has 0 aliphatic carbocycles. The Bertz CT molecular complexity index is 507. The SMILES string of the molecule is COc1cccc(CC(=O)N2CCC(CC(=O)O)CC2)c1. The second kappa shape index (κ2) is 7.11. The molecular weight excluding hydrogens is 270 g/mol. The first-order chi connectivity index (χ1) is 10.1. The van der Waals surface area contributed by atoms with Gasteiger partial charge in [-0.3, -0.25) is 9.59 Å². The first-order valence-electron chi connectivity index (χ1n) is 7.21. The number of hydrogen-bond acceptors (Lipinski definition) is 3. The van der Waals surface area contributed by atoms with E-state index in [-0.39, 0.29) is 18.2 Å². The largest absolute Gasteiger partial charge is 0.497 e. The van der Waals surface area contributed by atoms with Crippen LogP contribution in [-0.4, -0.2) is 42.1 Å². The van der Waals surface area contributed by atoms with Crippen LogP contribution >= 0.6 is 0 Å². The summed E-state index contributed by atoms with van der Waals surface area (Å²) in [6.45, 7) is 1.31. The van der Waals surface area contributed by atoms with E-state index >= 15 is 0 Å². The summed E-state index contributed by atoms with van der Waals surface area (Å²) in [4.78, 5) is 24.8. The first-order valence-corrected chi connectivity index (χ1v) is 7.21. The van der Waals surface area contributed by atoms with Crippen molar-refractivity contribution in [3.63, 3.8) is 0 Å². The number of carboxylic acid groups (broad SMARTS) is 1. The molecule has 5 heteroatoms. The minimum absolute atomic E-state index is 0.0945. The van der Waals surface area contributed by atoms with Crippen molar-refractivity contribution < 1.29 is 19.4 Å². The molecule has 1 aromatic carbocycles. The van der Waals surface area contributed by atoms with Gasteiger partial charge in [-0.1, -0.05) is 12.1 Å². The predicted octanol–water partition coefficient (Wildman–Crippen LogP) is 1.95. The number of hydrogen-bond donors (Lipinski definition) is 1. The van der Waals surface area contributed by atoms with Gasteiger partial charge < -0.3 is 14.7 Å². The van der Waals surface area contributed by atoms with Gasteiger partial charge in [0, 0.05) is 19.5 Å². The van der Waals surface area contributed by atoms with E-state index in [9.17, 15) is 9.59 Å². The molecule has 0 atom stereocenters. The quantitative estimate of drug-likeness (QED) is 0.900. The molecule has 0 radical (unpaired) electrons. The lowest BCUT2D eigenvalue weighted by molar-refractivity contribution is -0.138. The highest BCUT2D eigenvalue weighted by atomic mass is 16.5. The third-order valence-electron chi connectivity index (χ3n) is 3.92. The van der Waals surface area contributed by atoms with E-state index in [0.717, 1.165) is 24.2 Å². The summed E-state index contributed by atoms with van der Waals surface area (Å²) < 4.78 is 5.15. The molecule has 1 aliphatic rings. The number of carbonyl (C=O) groups is 2. The second-order valence-corrected chi connectivity index (χ2v) is 5.45. The Hall–Kier alpha value is -2.04. The molecule has 0 saturated carbocycles. The normalized spacial score (nSPS) is 15.8. The number of nitrogens with zero attached hydrogens (tertiary/aromatic N) is 1. The summed E-state index contributed by atoms with van der Waals surface area (Å²) in [6, 6.07) is 7.51. The van der Waals surface area contributed by atoms with Crippen LogP contribution < -0.4 is 4.74 Å². The lowest BCUT2D eigenvalue weighted by Crippen LogP contribution is -2.39. The smallest absolute Gasteiger partial charge is 0.303 e. The third kappa shape index (κ3) is 4.48. The van der Waals surface area contributed by atoms with Crippen LogP contribution in [0.4, 0.5) is 0 Å². The fourth-order valence-electron chi connectivity index (χ4n) is 2.70. The zero-order valence-corrected chi connectivity index (χ0v) is 12.2. The maximum Gasteiger partial charge on any atom is 0.303 e. The van der Waals surface area contributed by atoms with Crippen molar-refractivity contribution >= 4 is 11.9 Å². The van der Waals surface area contributed by atoms with Crippen LogP contribution in [0.25, 0.3) is 0 Å². The van der Waals surface area contributed by atoms with Crippen LogP contribution in [0.15, 0.2) is 24.3 Å². The summed E-state index contributed by atoms with van der Waals surface area (Å²) in [5.41, 5.74) is 0.937. The molecule has 1 heterocycles. The van der Waals surface area contributed by atoms with Gasteiger partial charge in [0.05, 0.1) is 13.5 Å². The fraction of sp³-hybridized carbons (Fsp3) is 0.500. The Morgan fingerprint density at radius 3 is 2.67 bits per heavy atom. The van der Waals surface area contributed by atoms with Gasteiger partial charge in [-0.05, 0) is 36.5 Å². The number of likely N-dealkylation sites (tertiary alicyclic amines) is 1. The number of benzene rings is 1. The molecule has 0 bridgehead atoms. The number of rotatable bonds is 5. The van der Waals surface area contributed by atoms with Gasteiger partial charge in [0.2, 0.25) is 5.91 Å². The molecule has 1 N–H and O–H groups in total. The summed E-state index contributed by atoms with van der Waals surface area (Å²) in [5, 5.41) is 8.79. The number of amides is 1. The average molecular weight is 291 g/mol. The monoisotopic (exact) mass is 291 g/mol. The van der Waals surface area contributed by atoms with Crippen LogP contribution in [-0.2, 0) is 16.0 Å². The molecule has 2 rings (SSSR count). The molecule has 1 saturated heterocycles. The number of aliphatic carboxylic acids is 1. The number of carbonyl (C=O) groups excluding carboxylic acids is 1. The van der Waals surface area contributed by atoms with Crippen molar-refractivity contribution in [3.8, 4) is 5.75 Å². The lowest BCUT2D eigenvalue weighted by Gasteiger charge is -2.31. The van der Waals surface area contributed by atoms with Gasteiger partial charge in [-0.2, -0.15) is 0 Å². The van der Waals surface area contributed by atoms with Gasteiger partial charge in [-0.25, -0.2) is 0 Å². The minimum Gasteiger partial charge on any atom is -0.497 e.